The Morgan fingerprint density at radius 2 is 2.00 bits per heavy atom. The Hall–Kier alpha value is -0.650. The summed E-state index contributed by atoms with van der Waals surface area (Å²) in [4.78, 5) is 16.3. The molecule has 1 saturated carbocycles. The summed E-state index contributed by atoms with van der Waals surface area (Å²) in [6.45, 7) is 7.94. The number of hydrogen-bond donors (Lipinski definition) is 2. The Bertz CT molecular complexity index is 340. The standard InChI is InChI=1S/C13H26N4O/c1-12(2)8-17(7-6-16(12)3)9-13(15,11(14)18)10-4-5-10/h10H,4-9,15H2,1-3H3,(H2,14,18). The smallest absolute Gasteiger partial charge is 0.239 e. The first-order valence-electron chi connectivity index (χ1n) is 6.78. The molecule has 2 rings (SSSR count). The minimum atomic E-state index is -0.827. The average Bonchev–Trinajstić information content (AvgIpc) is 3.06. The van der Waals surface area contributed by atoms with Gasteiger partial charge in [0.25, 0.3) is 0 Å². The van der Waals surface area contributed by atoms with Gasteiger partial charge in [0, 0.05) is 31.7 Å². The summed E-state index contributed by atoms with van der Waals surface area (Å²) in [5.74, 6) is -0.0560. The Balaban J connectivity index is 2.02. The molecule has 0 radical (unpaired) electrons. The monoisotopic (exact) mass is 254 g/mol. The van der Waals surface area contributed by atoms with Gasteiger partial charge in [0.2, 0.25) is 5.91 Å². The molecule has 104 valence electrons. The van der Waals surface area contributed by atoms with Crippen molar-refractivity contribution < 1.29 is 4.79 Å². The molecule has 1 heterocycles. The van der Waals surface area contributed by atoms with Crippen molar-refractivity contribution in [2.75, 3.05) is 33.2 Å². The van der Waals surface area contributed by atoms with Crippen molar-refractivity contribution in [2.24, 2.45) is 17.4 Å². The predicted molar refractivity (Wildman–Crippen MR) is 72.0 cm³/mol. The third-order valence-corrected chi connectivity index (χ3v) is 4.65. The number of amides is 1. The Morgan fingerprint density at radius 3 is 2.44 bits per heavy atom. The van der Waals surface area contributed by atoms with Crippen molar-refractivity contribution >= 4 is 5.91 Å². The third kappa shape index (κ3) is 2.53. The molecule has 1 amide bonds. The van der Waals surface area contributed by atoms with Gasteiger partial charge in [-0.05, 0) is 39.7 Å². The number of hydrogen-bond acceptors (Lipinski definition) is 4. The minimum Gasteiger partial charge on any atom is -0.368 e. The number of likely N-dealkylation sites (N-methyl/N-ethyl adjacent to an activating group) is 1. The summed E-state index contributed by atoms with van der Waals surface area (Å²) in [5, 5.41) is 0. The van der Waals surface area contributed by atoms with E-state index in [0.717, 1.165) is 32.5 Å². The fourth-order valence-corrected chi connectivity index (χ4v) is 2.85. The number of carbonyl (C=O) groups excluding carboxylic acids is 1. The molecule has 0 aromatic carbocycles. The van der Waals surface area contributed by atoms with Crippen LogP contribution >= 0.6 is 0 Å². The van der Waals surface area contributed by atoms with Crippen molar-refractivity contribution in [1.29, 1.82) is 0 Å². The third-order valence-electron chi connectivity index (χ3n) is 4.65. The van der Waals surface area contributed by atoms with Crippen molar-refractivity contribution in [2.45, 2.75) is 37.8 Å². The van der Waals surface area contributed by atoms with Crippen LogP contribution in [0.4, 0.5) is 0 Å². The van der Waals surface area contributed by atoms with Crippen molar-refractivity contribution in [1.82, 2.24) is 9.80 Å². The molecule has 0 bridgehead atoms. The molecule has 1 atom stereocenters. The van der Waals surface area contributed by atoms with Crippen molar-refractivity contribution in [3.8, 4) is 0 Å². The van der Waals surface area contributed by atoms with Crippen LogP contribution in [0, 0.1) is 5.92 Å². The Labute approximate surface area is 109 Å². The van der Waals surface area contributed by atoms with Gasteiger partial charge in [0.1, 0.15) is 5.54 Å². The molecule has 2 fully saturated rings. The number of primary amides is 1. The Kier molecular flexibility index (Phi) is 3.42. The lowest BCUT2D eigenvalue weighted by atomic mass is 9.91. The van der Waals surface area contributed by atoms with E-state index in [-0.39, 0.29) is 17.4 Å². The van der Waals surface area contributed by atoms with Crippen molar-refractivity contribution in [3.05, 3.63) is 0 Å². The maximum Gasteiger partial charge on any atom is 0.239 e. The second-order valence-corrected chi connectivity index (χ2v) is 6.62. The molecular formula is C13H26N4O. The molecule has 0 spiro atoms. The molecule has 0 aromatic heterocycles. The normalized spacial score (nSPS) is 28.9. The highest BCUT2D eigenvalue weighted by molar-refractivity contribution is 5.85. The summed E-state index contributed by atoms with van der Waals surface area (Å²) >= 11 is 0. The number of piperazine rings is 1. The summed E-state index contributed by atoms with van der Waals surface area (Å²) in [5.41, 5.74) is 11.1. The molecule has 5 nitrogen and oxygen atoms in total. The van der Waals surface area contributed by atoms with E-state index in [2.05, 4.69) is 30.7 Å². The molecule has 1 unspecified atom stereocenters. The first-order valence-corrected chi connectivity index (χ1v) is 6.78. The molecule has 18 heavy (non-hydrogen) atoms. The summed E-state index contributed by atoms with van der Waals surface area (Å²) in [7, 11) is 2.14. The minimum absolute atomic E-state index is 0.125. The van der Waals surface area contributed by atoms with E-state index >= 15 is 0 Å². The Morgan fingerprint density at radius 1 is 1.39 bits per heavy atom. The number of rotatable bonds is 4. The van der Waals surface area contributed by atoms with E-state index in [1.807, 2.05) is 0 Å². The van der Waals surface area contributed by atoms with Gasteiger partial charge >= 0.3 is 0 Å². The van der Waals surface area contributed by atoms with E-state index in [1.165, 1.54) is 0 Å². The highest BCUT2D eigenvalue weighted by Gasteiger charge is 2.48. The highest BCUT2D eigenvalue weighted by Crippen LogP contribution is 2.39. The van der Waals surface area contributed by atoms with Crippen molar-refractivity contribution in [3.63, 3.8) is 0 Å². The number of nitrogens with zero attached hydrogens (tertiary/aromatic N) is 2. The van der Waals surface area contributed by atoms with Crippen LogP contribution in [0.2, 0.25) is 0 Å². The van der Waals surface area contributed by atoms with Gasteiger partial charge in [0.15, 0.2) is 0 Å². The lowest BCUT2D eigenvalue weighted by molar-refractivity contribution is -0.125. The van der Waals surface area contributed by atoms with Crippen LogP contribution in [0.1, 0.15) is 26.7 Å². The molecular weight excluding hydrogens is 228 g/mol. The molecule has 5 heteroatoms. The zero-order chi connectivity index (χ0) is 13.6. The van der Waals surface area contributed by atoms with Gasteiger partial charge in [-0.25, -0.2) is 0 Å². The van der Waals surface area contributed by atoms with Crippen LogP contribution in [0.3, 0.4) is 0 Å². The second kappa shape index (κ2) is 4.47. The maximum atomic E-state index is 11.7. The summed E-state index contributed by atoms with van der Waals surface area (Å²) in [6.07, 6.45) is 2.08. The fraction of sp³-hybridized carbons (Fsp3) is 0.923. The zero-order valence-corrected chi connectivity index (χ0v) is 11.8. The van der Waals surface area contributed by atoms with E-state index in [4.69, 9.17) is 11.5 Å². The summed E-state index contributed by atoms with van der Waals surface area (Å²) < 4.78 is 0. The van der Waals surface area contributed by atoms with Gasteiger partial charge < -0.3 is 11.5 Å². The van der Waals surface area contributed by atoms with Crippen LogP contribution in [0.25, 0.3) is 0 Å². The van der Waals surface area contributed by atoms with Gasteiger partial charge in [-0.2, -0.15) is 0 Å². The molecule has 4 N–H and O–H groups in total. The SMILES string of the molecule is CN1CCN(CC(N)(C(N)=O)C2CC2)CC1(C)C. The predicted octanol–water partition coefficient (Wildman–Crippen LogP) is -0.395. The van der Waals surface area contributed by atoms with Crippen LogP contribution < -0.4 is 11.5 Å². The summed E-state index contributed by atoms with van der Waals surface area (Å²) in [6, 6.07) is 0. The molecule has 1 saturated heterocycles. The van der Waals surface area contributed by atoms with E-state index < -0.39 is 5.54 Å². The number of nitrogens with two attached hydrogens (primary N) is 2. The van der Waals surface area contributed by atoms with Crippen LogP contribution in [0.5, 0.6) is 0 Å². The molecule has 1 aliphatic heterocycles. The van der Waals surface area contributed by atoms with Crippen LogP contribution in [-0.2, 0) is 4.79 Å². The van der Waals surface area contributed by atoms with Crippen LogP contribution in [-0.4, -0.2) is 60.0 Å². The van der Waals surface area contributed by atoms with Crippen LogP contribution in [0.15, 0.2) is 0 Å². The quantitative estimate of drug-likeness (QED) is 0.716. The van der Waals surface area contributed by atoms with E-state index in [0.29, 0.717) is 6.54 Å². The lowest BCUT2D eigenvalue weighted by Crippen LogP contribution is -2.65. The highest BCUT2D eigenvalue weighted by atomic mass is 16.1. The first-order chi connectivity index (χ1) is 8.25. The van der Waals surface area contributed by atoms with Gasteiger partial charge in [-0.3, -0.25) is 14.6 Å². The zero-order valence-electron chi connectivity index (χ0n) is 11.8. The second-order valence-electron chi connectivity index (χ2n) is 6.62. The van der Waals surface area contributed by atoms with E-state index in [9.17, 15) is 4.79 Å². The average molecular weight is 254 g/mol. The van der Waals surface area contributed by atoms with E-state index in [1.54, 1.807) is 0 Å². The fourth-order valence-electron chi connectivity index (χ4n) is 2.85. The van der Waals surface area contributed by atoms with Gasteiger partial charge in [0.05, 0.1) is 0 Å². The topological polar surface area (TPSA) is 75.6 Å². The molecule has 1 aliphatic carbocycles. The molecule has 2 aliphatic rings. The van der Waals surface area contributed by atoms with Gasteiger partial charge in [-0.15, -0.1) is 0 Å². The lowest BCUT2D eigenvalue weighted by Gasteiger charge is -2.47. The maximum absolute atomic E-state index is 11.7. The van der Waals surface area contributed by atoms with Gasteiger partial charge in [-0.1, -0.05) is 0 Å². The number of carbonyl (C=O) groups is 1. The largest absolute Gasteiger partial charge is 0.368 e. The first kappa shape index (κ1) is 13.8. The molecule has 0 aromatic rings.